The number of ether oxygens (including phenoxy) is 1. The van der Waals surface area contributed by atoms with Gasteiger partial charge in [-0.25, -0.2) is 0 Å². The Kier molecular flexibility index (Phi) is 6.07. The number of fused-ring (bicyclic) bond motifs is 1. The van der Waals surface area contributed by atoms with Crippen LogP contribution in [0.2, 0.25) is 0 Å². The third-order valence-electron chi connectivity index (χ3n) is 5.93. The van der Waals surface area contributed by atoms with Gasteiger partial charge in [0.05, 0.1) is 5.56 Å². The van der Waals surface area contributed by atoms with Crippen molar-refractivity contribution in [3.05, 3.63) is 131 Å². The van der Waals surface area contributed by atoms with Crippen LogP contribution in [0, 0.1) is 0 Å². The fraction of sp³-hybridized carbons (Fsp3) is 0.138. The van der Waals surface area contributed by atoms with Crippen molar-refractivity contribution < 1.29 is 9.53 Å². The highest BCUT2D eigenvalue weighted by Crippen LogP contribution is 2.34. The Morgan fingerprint density at radius 3 is 2.24 bits per heavy atom. The fourth-order valence-electron chi connectivity index (χ4n) is 4.20. The van der Waals surface area contributed by atoms with Gasteiger partial charge in [0.1, 0.15) is 18.5 Å². The number of anilines is 1. The lowest BCUT2D eigenvalue weighted by Gasteiger charge is -2.38. The third kappa shape index (κ3) is 4.75. The van der Waals surface area contributed by atoms with E-state index in [2.05, 4.69) is 17.4 Å². The minimum Gasteiger partial charge on any atom is -0.489 e. The lowest BCUT2D eigenvalue weighted by atomic mass is 10.0. The molecule has 1 N–H and O–H groups in total. The van der Waals surface area contributed by atoms with Gasteiger partial charge in [-0.3, -0.25) is 4.79 Å². The van der Waals surface area contributed by atoms with E-state index in [-0.39, 0.29) is 12.1 Å². The number of carbonyl (C=O) groups excluding carboxylic acids is 1. The van der Waals surface area contributed by atoms with E-state index in [9.17, 15) is 4.79 Å². The zero-order valence-electron chi connectivity index (χ0n) is 18.4. The number of para-hydroxylation sites is 1. The number of rotatable bonds is 7. The number of hydrogen-bond acceptors (Lipinski definition) is 3. The molecule has 1 unspecified atom stereocenters. The number of nitrogens with one attached hydrogen (secondary N) is 1. The van der Waals surface area contributed by atoms with Crippen molar-refractivity contribution in [1.29, 1.82) is 0 Å². The molecule has 5 rings (SSSR count). The second-order valence-electron chi connectivity index (χ2n) is 8.17. The molecule has 0 aromatic heterocycles. The molecule has 0 saturated heterocycles. The summed E-state index contributed by atoms with van der Waals surface area (Å²) < 4.78 is 6.05. The second-order valence-corrected chi connectivity index (χ2v) is 8.17. The maximum absolute atomic E-state index is 13.5. The van der Waals surface area contributed by atoms with Crippen LogP contribution in [0.15, 0.2) is 109 Å². The fourth-order valence-corrected chi connectivity index (χ4v) is 4.20. The highest BCUT2D eigenvalue weighted by atomic mass is 16.5. The summed E-state index contributed by atoms with van der Waals surface area (Å²) in [6, 6.07) is 36.1. The van der Waals surface area contributed by atoms with E-state index in [0.29, 0.717) is 18.7 Å². The zero-order chi connectivity index (χ0) is 22.5. The van der Waals surface area contributed by atoms with Crippen molar-refractivity contribution in [2.75, 3.05) is 11.9 Å². The molecule has 1 aliphatic heterocycles. The van der Waals surface area contributed by atoms with Crippen molar-refractivity contribution in [3.8, 4) is 5.75 Å². The molecule has 0 spiro atoms. The van der Waals surface area contributed by atoms with E-state index in [4.69, 9.17) is 4.74 Å². The first kappa shape index (κ1) is 20.8. The average molecular weight is 435 g/mol. The van der Waals surface area contributed by atoms with Gasteiger partial charge in [0, 0.05) is 12.2 Å². The van der Waals surface area contributed by atoms with Crippen LogP contribution >= 0.6 is 0 Å². The summed E-state index contributed by atoms with van der Waals surface area (Å²) in [6.45, 7) is 1.12. The molecule has 1 aliphatic rings. The molecular weight excluding hydrogens is 408 g/mol. The third-order valence-corrected chi connectivity index (χ3v) is 5.93. The van der Waals surface area contributed by atoms with Crippen molar-refractivity contribution in [3.63, 3.8) is 0 Å². The van der Waals surface area contributed by atoms with Gasteiger partial charge in [0.25, 0.3) is 5.91 Å². The van der Waals surface area contributed by atoms with Gasteiger partial charge in [0.15, 0.2) is 0 Å². The van der Waals surface area contributed by atoms with Crippen LogP contribution in [0.25, 0.3) is 0 Å². The Balaban J connectivity index is 1.40. The first-order chi connectivity index (χ1) is 16.3. The molecule has 1 heterocycles. The minimum atomic E-state index is -0.267. The van der Waals surface area contributed by atoms with E-state index < -0.39 is 0 Å². The first-order valence-corrected chi connectivity index (χ1v) is 11.2. The molecule has 0 radical (unpaired) electrons. The summed E-state index contributed by atoms with van der Waals surface area (Å²) in [5.41, 5.74) is 4.89. The van der Waals surface area contributed by atoms with Gasteiger partial charge in [-0.2, -0.15) is 0 Å². The standard InChI is InChI=1S/C29H26N2O2/c32-29-26-16-7-8-17-27(26)30-28(31(29)19-18-22-10-3-1-4-11-22)24-14-9-15-25(20-24)33-21-23-12-5-2-6-13-23/h1-17,20,28,30H,18-19,21H2. The average Bonchev–Trinajstić information content (AvgIpc) is 2.88. The van der Waals surface area contributed by atoms with Crippen molar-refractivity contribution >= 4 is 11.6 Å². The summed E-state index contributed by atoms with van der Waals surface area (Å²) in [6.07, 6.45) is 0.522. The maximum atomic E-state index is 13.5. The second kappa shape index (κ2) is 9.61. The summed E-state index contributed by atoms with van der Waals surface area (Å²) in [5.74, 6) is 0.827. The van der Waals surface area contributed by atoms with E-state index in [1.54, 1.807) is 0 Å². The summed E-state index contributed by atoms with van der Waals surface area (Å²) >= 11 is 0. The summed E-state index contributed by atoms with van der Waals surface area (Å²) in [5, 5.41) is 3.58. The van der Waals surface area contributed by atoms with E-state index in [1.807, 2.05) is 102 Å². The van der Waals surface area contributed by atoms with Crippen LogP contribution in [0.3, 0.4) is 0 Å². The first-order valence-electron chi connectivity index (χ1n) is 11.2. The summed E-state index contributed by atoms with van der Waals surface area (Å²) in [4.78, 5) is 15.4. The monoisotopic (exact) mass is 434 g/mol. The normalized spacial score (nSPS) is 15.0. The van der Waals surface area contributed by atoms with Crippen molar-refractivity contribution in [1.82, 2.24) is 4.90 Å². The molecule has 4 aromatic carbocycles. The quantitative estimate of drug-likeness (QED) is 0.384. The predicted octanol–water partition coefficient (Wildman–Crippen LogP) is 6.07. The number of amides is 1. The molecule has 1 amide bonds. The minimum absolute atomic E-state index is 0.0425. The van der Waals surface area contributed by atoms with Gasteiger partial charge in [-0.1, -0.05) is 84.9 Å². The molecule has 0 bridgehead atoms. The molecule has 1 atom stereocenters. The van der Waals surface area contributed by atoms with Gasteiger partial charge >= 0.3 is 0 Å². The number of nitrogens with zero attached hydrogens (tertiary/aromatic N) is 1. The Morgan fingerprint density at radius 2 is 1.45 bits per heavy atom. The molecule has 0 fully saturated rings. The van der Waals surface area contributed by atoms with E-state index >= 15 is 0 Å². The van der Waals surface area contributed by atoms with Crippen LogP contribution in [0.5, 0.6) is 5.75 Å². The van der Waals surface area contributed by atoms with Gasteiger partial charge in [-0.05, 0) is 47.4 Å². The molecule has 164 valence electrons. The van der Waals surface area contributed by atoms with E-state index in [0.717, 1.165) is 29.0 Å². The van der Waals surface area contributed by atoms with Crippen LogP contribution < -0.4 is 10.1 Å². The lowest BCUT2D eigenvalue weighted by Crippen LogP contribution is -2.44. The lowest BCUT2D eigenvalue weighted by molar-refractivity contribution is 0.0685. The number of hydrogen-bond donors (Lipinski definition) is 1. The molecule has 0 saturated carbocycles. The maximum Gasteiger partial charge on any atom is 0.257 e. The highest BCUT2D eigenvalue weighted by molar-refractivity contribution is 6.01. The molecule has 4 heteroatoms. The largest absolute Gasteiger partial charge is 0.489 e. The van der Waals surface area contributed by atoms with Crippen molar-refractivity contribution in [2.45, 2.75) is 19.2 Å². The molecule has 4 aromatic rings. The number of benzene rings is 4. The van der Waals surface area contributed by atoms with Crippen LogP contribution in [-0.4, -0.2) is 17.4 Å². The summed E-state index contributed by atoms with van der Waals surface area (Å²) in [7, 11) is 0. The van der Waals surface area contributed by atoms with E-state index in [1.165, 1.54) is 5.56 Å². The van der Waals surface area contributed by atoms with Crippen LogP contribution in [0.4, 0.5) is 5.69 Å². The van der Waals surface area contributed by atoms with Gasteiger partial charge in [-0.15, -0.1) is 0 Å². The predicted molar refractivity (Wildman–Crippen MR) is 131 cm³/mol. The van der Waals surface area contributed by atoms with Crippen LogP contribution in [-0.2, 0) is 13.0 Å². The number of carbonyl (C=O) groups is 1. The highest BCUT2D eigenvalue weighted by Gasteiger charge is 2.32. The molecular formula is C29H26N2O2. The topological polar surface area (TPSA) is 41.6 Å². The SMILES string of the molecule is O=C1c2ccccc2NC(c2cccc(OCc3ccccc3)c2)N1CCc1ccccc1. The molecule has 33 heavy (non-hydrogen) atoms. The van der Waals surface area contributed by atoms with Crippen LogP contribution in [0.1, 0.15) is 33.2 Å². The van der Waals surface area contributed by atoms with Crippen molar-refractivity contribution in [2.24, 2.45) is 0 Å². The van der Waals surface area contributed by atoms with Gasteiger partial charge < -0.3 is 15.0 Å². The smallest absolute Gasteiger partial charge is 0.257 e. The van der Waals surface area contributed by atoms with Gasteiger partial charge in [0.2, 0.25) is 0 Å². The Hall–Kier alpha value is -4.05. The Morgan fingerprint density at radius 1 is 0.758 bits per heavy atom. The Labute approximate surface area is 194 Å². The molecule has 0 aliphatic carbocycles. The Bertz CT molecular complexity index is 1220. The molecule has 4 nitrogen and oxygen atoms in total. The zero-order valence-corrected chi connectivity index (χ0v) is 18.4.